The second-order valence-electron chi connectivity index (χ2n) is 8.82. The van der Waals surface area contributed by atoms with E-state index in [1.54, 1.807) is 24.3 Å². The lowest BCUT2D eigenvalue weighted by Gasteiger charge is -2.27. The zero-order valence-electron chi connectivity index (χ0n) is 18.3. The molecular formula is C25H21FN4O3S. The van der Waals surface area contributed by atoms with Gasteiger partial charge in [0.1, 0.15) is 11.5 Å². The number of amides is 2. The van der Waals surface area contributed by atoms with Crippen molar-refractivity contribution in [3.8, 4) is 10.4 Å². The SMILES string of the molecule is Cc1nc(C(=O)N2C3CC3C[C@H]2CNC(=O)c2noc3ccccc23)c(-c2cccc(F)c2)s1. The summed E-state index contributed by atoms with van der Waals surface area (Å²) in [5.41, 5.74) is 1.78. The first-order chi connectivity index (χ1) is 16.5. The van der Waals surface area contributed by atoms with Gasteiger partial charge in [-0.15, -0.1) is 11.3 Å². The van der Waals surface area contributed by atoms with E-state index in [0.29, 0.717) is 39.6 Å². The van der Waals surface area contributed by atoms with Crippen LogP contribution < -0.4 is 5.32 Å². The van der Waals surface area contributed by atoms with Gasteiger partial charge >= 0.3 is 0 Å². The van der Waals surface area contributed by atoms with E-state index in [2.05, 4.69) is 15.5 Å². The number of benzene rings is 2. The highest BCUT2D eigenvalue weighted by Crippen LogP contribution is 2.48. The Labute approximate surface area is 198 Å². The fraction of sp³-hybridized carbons (Fsp3) is 0.280. The van der Waals surface area contributed by atoms with Crippen molar-refractivity contribution in [3.63, 3.8) is 0 Å². The molecule has 0 bridgehead atoms. The van der Waals surface area contributed by atoms with Gasteiger partial charge in [0.2, 0.25) is 0 Å². The standard InChI is InChI=1S/C25H21FN4O3S/c1-13-28-22(23(34-13)14-5-4-6-16(26)9-14)25(32)30-17(10-15-11-19(15)30)12-27-24(31)21-18-7-2-3-8-20(18)33-29-21/h2-9,15,17,19H,10-12H2,1H3,(H,27,31)/t15?,17-,19?/m0/s1. The van der Waals surface area contributed by atoms with Gasteiger partial charge in [-0.2, -0.15) is 0 Å². The van der Waals surface area contributed by atoms with Crippen LogP contribution in [0.2, 0.25) is 0 Å². The summed E-state index contributed by atoms with van der Waals surface area (Å²) in [7, 11) is 0. The van der Waals surface area contributed by atoms with Gasteiger partial charge in [0.05, 0.1) is 21.3 Å². The molecule has 34 heavy (non-hydrogen) atoms. The predicted octanol–water partition coefficient (Wildman–Crippen LogP) is 4.43. The smallest absolute Gasteiger partial charge is 0.274 e. The zero-order chi connectivity index (χ0) is 23.4. The van der Waals surface area contributed by atoms with E-state index in [4.69, 9.17) is 4.52 Å². The van der Waals surface area contributed by atoms with Crippen molar-refractivity contribution in [2.75, 3.05) is 6.54 Å². The summed E-state index contributed by atoms with van der Waals surface area (Å²) < 4.78 is 19.1. The molecule has 3 heterocycles. The third-order valence-corrected chi connectivity index (χ3v) is 7.58. The fourth-order valence-electron chi connectivity index (χ4n) is 4.92. The minimum atomic E-state index is -0.355. The van der Waals surface area contributed by atoms with Crippen molar-refractivity contribution < 1.29 is 18.5 Å². The lowest BCUT2D eigenvalue weighted by molar-refractivity contribution is 0.0684. The first-order valence-electron chi connectivity index (χ1n) is 11.2. The summed E-state index contributed by atoms with van der Waals surface area (Å²) >= 11 is 1.38. The highest BCUT2D eigenvalue weighted by atomic mass is 32.1. The molecule has 1 saturated heterocycles. The lowest BCUT2D eigenvalue weighted by atomic mass is 10.1. The summed E-state index contributed by atoms with van der Waals surface area (Å²) in [5.74, 6) is -0.412. The molecule has 3 atom stereocenters. The number of aromatic nitrogens is 2. The van der Waals surface area contributed by atoms with E-state index >= 15 is 0 Å². The number of halogens is 1. The number of nitrogens with zero attached hydrogens (tertiary/aromatic N) is 3. The number of aryl methyl sites for hydroxylation is 1. The molecule has 2 aliphatic rings. The van der Waals surface area contributed by atoms with Gasteiger partial charge in [-0.25, -0.2) is 9.37 Å². The number of rotatable bonds is 5. The molecule has 6 rings (SSSR count). The van der Waals surface area contributed by atoms with Crippen LogP contribution in [0, 0.1) is 18.7 Å². The maximum atomic E-state index is 13.9. The van der Waals surface area contributed by atoms with Crippen LogP contribution in [0.15, 0.2) is 53.1 Å². The summed E-state index contributed by atoms with van der Waals surface area (Å²) in [5, 5.41) is 8.25. The van der Waals surface area contributed by atoms with Gasteiger partial charge in [0, 0.05) is 12.6 Å². The fourth-order valence-corrected chi connectivity index (χ4v) is 5.83. The molecule has 0 spiro atoms. The summed E-state index contributed by atoms with van der Waals surface area (Å²) in [6, 6.07) is 13.4. The Bertz CT molecular complexity index is 1430. The van der Waals surface area contributed by atoms with Gasteiger partial charge in [0.25, 0.3) is 11.8 Å². The number of carbonyl (C=O) groups excluding carboxylic acids is 2. The van der Waals surface area contributed by atoms with Crippen LogP contribution in [-0.4, -0.2) is 45.5 Å². The highest BCUT2D eigenvalue weighted by molar-refractivity contribution is 7.15. The van der Waals surface area contributed by atoms with E-state index in [0.717, 1.165) is 17.8 Å². The minimum Gasteiger partial charge on any atom is -0.355 e. The van der Waals surface area contributed by atoms with Gasteiger partial charge in [-0.05, 0) is 55.5 Å². The van der Waals surface area contributed by atoms with E-state index in [9.17, 15) is 14.0 Å². The molecule has 2 aromatic carbocycles. The Hall–Kier alpha value is -3.59. The molecule has 2 unspecified atom stereocenters. The van der Waals surface area contributed by atoms with Crippen molar-refractivity contribution >= 4 is 34.1 Å². The second kappa shape index (κ2) is 8.02. The first kappa shape index (κ1) is 21.0. The number of piperidine rings is 1. The first-order valence-corrected chi connectivity index (χ1v) is 12.0. The topological polar surface area (TPSA) is 88.3 Å². The molecule has 1 aliphatic carbocycles. The number of carbonyl (C=O) groups is 2. The molecule has 172 valence electrons. The lowest BCUT2D eigenvalue weighted by Crippen LogP contribution is -2.45. The van der Waals surface area contributed by atoms with E-state index in [-0.39, 0.29) is 35.4 Å². The van der Waals surface area contributed by atoms with Gasteiger partial charge in [-0.3, -0.25) is 9.59 Å². The third-order valence-electron chi connectivity index (χ3n) is 6.56. The highest BCUT2D eigenvalue weighted by Gasteiger charge is 2.54. The number of para-hydroxylation sites is 1. The summed E-state index contributed by atoms with van der Waals surface area (Å²) in [6.07, 6.45) is 1.79. The molecule has 1 N–H and O–H groups in total. The van der Waals surface area contributed by atoms with E-state index in [1.807, 2.05) is 24.0 Å². The van der Waals surface area contributed by atoms with E-state index < -0.39 is 0 Å². The monoisotopic (exact) mass is 476 g/mol. The maximum absolute atomic E-state index is 13.9. The third kappa shape index (κ3) is 3.56. The second-order valence-corrected chi connectivity index (χ2v) is 10.0. The average molecular weight is 477 g/mol. The molecular weight excluding hydrogens is 455 g/mol. The molecule has 9 heteroatoms. The van der Waals surface area contributed by atoms with Gasteiger partial charge in [-0.1, -0.05) is 29.4 Å². The summed E-state index contributed by atoms with van der Waals surface area (Å²) in [6.45, 7) is 2.16. The number of hydrogen-bond donors (Lipinski definition) is 1. The molecule has 2 fully saturated rings. The largest absolute Gasteiger partial charge is 0.355 e. The average Bonchev–Trinajstić information content (AvgIpc) is 3.17. The maximum Gasteiger partial charge on any atom is 0.274 e. The Morgan fingerprint density at radius 2 is 2.03 bits per heavy atom. The van der Waals surface area contributed by atoms with E-state index in [1.165, 1.54) is 23.5 Å². The number of hydrogen-bond acceptors (Lipinski definition) is 6. The van der Waals surface area contributed by atoms with Crippen LogP contribution in [0.25, 0.3) is 21.4 Å². The van der Waals surface area contributed by atoms with Crippen LogP contribution in [0.5, 0.6) is 0 Å². The quantitative estimate of drug-likeness (QED) is 0.460. The number of likely N-dealkylation sites (tertiary alicyclic amines) is 1. The van der Waals surface area contributed by atoms with Crippen LogP contribution in [0.4, 0.5) is 4.39 Å². The Balaban J connectivity index is 1.23. The van der Waals surface area contributed by atoms with Crippen LogP contribution in [0.1, 0.15) is 38.8 Å². The number of fused-ring (bicyclic) bond motifs is 2. The van der Waals surface area contributed by atoms with Crippen molar-refractivity contribution in [3.05, 3.63) is 70.7 Å². The molecule has 4 aromatic rings. The number of thiazole rings is 1. The van der Waals surface area contributed by atoms with Crippen LogP contribution in [0.3, 0.4) is 0 Å². The zero-order valence-corrected chi connectivity index (χ0v) is 19.1. The molecule has 7 nitrogen and oxygen atoms in total. The van der Waals surface area contributed by atoms with Crippen LogP contribution in [-0.2, 0) is 0 Å². The van der Waals surface area contributed by atoms with Gasteiger partial charge < -0.3 is 14.7 Å². The number of nitrogens with one attached hydrogen (secondary N) is 1. The van der Waals surface area contributed by atoms with Crippen molar-refractivity contribution in [2.45, 2.75) is 31.8 Å². The molecule has 2 amide bonds. The van der Waals surface area contributed by atoms with Crippen molar-refractivity contribution in [1.29, 1.82) is 0 Å². The Morgan fingerprint density at radius 1 is 1.18 bits per heavy atom. The van der Waals surface area contributed by atoms with Crippen molar-refractivity contribution in [1.82, 2.24) is 20.4 Å². The minimum absolute atomic E-state index is 0.138. The van der Waals surface area contributed by atoms with Crippen LogP contribution >= 0.6 is 11.3 Å². The molecule has 1 saturated carbocycles. The normalized spacial score (nSPS) is 21.0. The molecule has 0 radical (unpaired) electrons. The molecule has 2 aromatic heterocycles. The molecule has 1 aliphatic heterocycles. The summed E-state index contributed by atoms with van der Waals surface area (Å²) in [4.78, 5) is 33.5. The Kier molecular flexibility index (Phi) is 4.95. The van der Waals surface area contributed by atoms with Gasteiger partial charge in [0.15, 0.2) is 11.3 Å². The Morgan fingerprint density at radius 3 is 2.88 bits per heavy atom. The predicted molar refractivity (Wildman–Crippen MR) is 125 cm³/mol. The van der Waals surface area contributed by atoms with Crippen molar-refractivity contribution in [2.24, 2.45) is 5.92 Å².